The highest BCUT2D eigenvalue weighted by Crippen LogP contribution is 2.27. The van der Waals surface area contributed by atoms with Crippen molar-refractivity contribution in [2.45, 2.75) is 32.6 Å². The van der Waals surface area contributed by atoms with E-state index in [4.69, 9.17) is 4.42 Å². The fourth-order valence-corrected chi connectivity index (χ4v) is 4.13. The average molecular weight is 425 g/mol. The Labute approximate surface area is 176 Å². The number of aryl methyl sites for hydroxylation is 1. The van der Waals surface area contributed by atoms with E-state index in [0.717, 1.165) is 16.8 Å². The summed E-state index contributed by atoms with van der Waals surface area (Å²) >= 11 is 2.98. The Bertz CT molecular complexity index is 1080. The number of hydrogen-bond acceptors (Lipinski definition) is 7. The highest BCUT2D eigenvalue weighted by Gasteiger charge is 2.12. The Balaban J connectivity index is 1.32. The molecule has 0 spiro atoms. The molecule has 0 atom stereocenters. The molecule has 3 heterocycles. The predicted molar refractivity (Wildman–Crippen MR) is 116 cm³/mol. The van der Waals surface area contributed by atoms with Crippen LogP contribution in [0.3, 0.4) is 0 Å². The quantitative estimate of drug-likeness (QED) is 0.417. The summed E-state index contributed by atoms with van der Waals surface area (Å²) in [5, 5.41) is 17.3. The van der Waals surface area contributed by atoms with E-state index < -0.39 is 0 Å². The lowest BCUT2D eigenvalue weighted by molar-refractivity contribution is -0.116. The smallest absolute Gasteiger partial charge is 0.248 e. The molecular formula is C21H20N4O2S2. The van der Waals surface area contributed by atoms with Crippen molar-refractivity contribution in [3.05, 3.63) is 57.9 Å². The summed E-state index contributed by atoms with van der Waals surface area (Å²) in [6, 6.07) is 10.3. The molecule has 3 aromatic heterocycles. The average Bonchev–Trinajstić information content (AvgIpc) is 3.47. The monoisotopic (exact) mass is 424 g/mol. The van der Waals surface area contributed by atoms with Gasteiger partial charge in [-0.3, -0.25) is 4.79 Å². The minimum absolute atomic E-state index is 0.128. The van der Waals surface area contributed by atoms with Gasteiger partial charge in [-0.25, -0.2) is 4.98 Å². The molecule has 1 amide bonds. The molecule has 29 heavy (non-hydrogen) atoms. The third kappa shape index (κ3) is 4.78. The van der Waals surface area contributed by atoms with E-state index in [0.29, 0.717) is 29.3 Å². The van der Waals surface area contributed by atoms with Crippen LogP contribution in [0.4, 0.5) is 5.13 Å². The van der Waals surface area contributed by atoms with Crippen molar-refractivity contribution in [1.29, 1.82) is 0 Å². The zero-order valence-electron chi connectivity index (χ0n) is 16.1. The number of carbonyl (C=O) groups is 1. The van der Waals surface area contributed by atoms with Crippen molar-refractivity contribution in [2.24, 2.45) is 0 Å². The Morgan fingerprint density at radius 1 is 1.10 bits per heavy atom. The SMILES string of the molecule is CC(C)c1ccc(-c2csc(NC(=O)CCc3nnc(-c4ccsc4)o3)n2)cc1. The molecule has 6 nitrogen and oxygen atoms in total. The maximum absolute atomic E-state index is 12.3. The molecule has 1 N–H and O–H groups in total. The molecule has 0 radical (unpaired) electrons. The van der Waals surface area contributed by atoms with E-state index in [1.807, 2.05) is 22.2 Å². The van der Waals surface area contributed by atoms with E-state index in [-0.39, 0.29) is 12.3 Å². The number of carbonyl (C=O) groups excluding carboxylic acids is 1. The maximum Gasteiger partial charge on any atom is 0.248 e. The standard InChI is InChI=1S/C21H20N4O2S2/c1-13(2)14-3-5-15(6-4-14)17-12-29-21(22-17)23-18(26)7-8-19-24-25-20(27-19)16-9-10-28-11-16/h3-6,9-13H,7-8H2,1-2H3,(H,22,23,26). The molecule has 4 rings (SSSR count). The highest BCUT2D eigenvalue weighted by molar-refractivity contribution is 7.14. The fourth-order valence-electron chi connectivity index (χ4n) is 2.76. The minimum atomic E-state index is -0.128. The molecule has 0 bridgehead atoms. The number of amides is 1. The first-order valence-corrected chi connectivity index (χ1v) is 11.1. The van der Waals surface area contributed by atoms with Gasteiger partial charge in [0.15, 0.2) is 5.13 Å². The van der Waals surface area contributed by atoms with Crippen molar-refractivity contribution in [3.8, 4) is 22.7 Å². The molecule has 0 saturated carbocycles. The predicted octanol–water partition coefficient (Wildman–Crippen LogP) is 5.62. The maximum atomic E-state index is 12.3. The van der Waals surface area contributed by atoms with E-state index in [2.05, 4.69) is 58.6 Å². The van der Waals surface area contributed by atoms with E-state index in [1.54, 1.807) is 11.3 Å². The van der Waals surface area contributed by atoms with Crippen LogP contribution < -0.4 is 5.32 Å². The van der Waals surface area contributed by atoms with Crippen LogP contribution >= 0.6 is 22.7 Å². The second kappa shape index (κ2) is 8.67. The first-order valence-electron chi connectivity index (χ1n) is 9.29. The van der Waals surface area contributed by atoms with Gasteiger partial charge >= 0.3 is 0 Å². The number of thiophene rings is 1. The lowest BCUT2D eigenvalue weighted by atomic mass is 10.0. The Morgan fingerprint density at radius 2 is 1.93 bits per heavy atom. The van der Waals surface area contributed by atoms with Crippen molar-refractivity contribution >= 4 is 33.7 Å². The molecule has 1 aromatic carbocycles. The number of nitrogens with zero attached hydrogens (tertiary/aromatic N) is 3. The number of hydrogen-bond donors (Lipinski definition) is 1. The molecule has 0 aliphatic heterocycles. The normalized spacial score (nSPS) is 11.1. The van der Waals surface area contributed by atoms with Crippen molar-refractivity contribution in [2.75, 3.05) is 5.32 Å². The molecule has 0 fully saturated rings. The Kier molecular flexibility index (Phi) is 5.82. The molecule has 0 aliphatic carbocycles. The van der Waals surface area contributed by atoms with Crippen molar-refractivity contribution in [3.63, 3.8) is 0 Å². The van der Waals surface area contributed by atoms with Gasteiger partial charge in [0, 0.05) is 34.7 Å². The molecule has 8 heteroatoms. The second-order valence-electron chi connectivity index (χ2n) is 6.88. The summed E-state index contributed by atoms with van der Waals surface area (Å²) in [4.78, 5) is 16.8. The first-order chi connectivity index (χ1) is 14.1. The van der Waals surface area contributed by atoms with Gasteiger partial charge in [-0.05, 0) is 22.9 Å². The summed E-state index contributed by atoms with van der Waals surface area (Å²) in [6.45, 7) is 4.34. The van der Waals surface area contributed by atoms with Gasteiger partial charge in [0.25, 0.3) is 0 Å². The number of rotatable bonds is 7. The number of thiazole rings is 1. The lowest BCUT2D eigenvalue weighted by Gasteiger charge is -2.05. The topological polar surface area (TPSA) is 80.9 Å². The van der Waals surface area contributed by atoms with Crippen molar-refractivity contribution in [1.82, 2.24) is 15.2 Å². The Hall–Kier alpha value is -2.84. The largest absolute Gasteiger partial charge is 0.421 e. The number of nitrogens with one attached hydrogen (secondary N) is 1. The van der Waals surface area contributed by atoms with Gasteiger partial charge in [0.1, 0.15) is 0 Å². The van der Waals surface area contributed by atoms with Crippen LogP contribution in [0.5, 0.6) is 0 Å². The zero-order valence-corrected chi connectivity index (χ0v) is 17.7. The summed E-state index contributed by atoms with van der Waals surface area (Å²) in [7, 11) is 0. The molecule has 0 aliphatic rings. The van der Waals surface area contributed by atoms with Gasteiger partial charge in [-0.15, -0.1) is 21.5 Å². The molecule has 4 aromatic rings. The molecular weight excluding hydrogens is 404 g/mol. The van der Waals surface area contributed by atoms with Gasteiger partial charge in [0.2, 0.25) is 17.7 Å². The second-order valence-corrected chi connectivity index (χ2v) is 8.51. The minimum Gasteiger partial charge on any atom is -0.421 e. The van der Waals surface area contributed by atoms with E-state index in [9.17, 15) is 4.79 Å². The van der Waals surface area contributed by atoms with Gasteiger partial charge < -0.3 is 9.73 Å². The van der Waals surface area contributed by atoms with Crippen LogP contribution in [0.1, 0.15) is 37.6 Å². The number of aromatic nitrogens is 3. The summed E-state index contributed by atoms with van der Waals surface area (Å²) in [5.74, 6) is 1.30. The van der Waals surface area contributed by atoms with Crippen molar-refractivity contribution < 1.29 is 9.21 Å². The number of anilines is 1. The van der Waals surface area contributed by atoms with Crippen LogP contribution in [-0.4, -0.2) is 21.1 Å². The summed E-state index contributed by atoms with van der Waals surface area (Å²) in [6.07, 6.45) is 0.640. The van der Waals surface area contributed by atoms with Gasteiger partial charge in [-0.1, -0.05) is 38.1 Å². The van der Waals surface area contributed by atoms with Crippen LogP contribution in [-0.2, 0) is 11.2 Å². The lowest BCUT2D eigenvalue weighted by Crippen LogP contribution is -2.12. The summed E-state index contributed by atoms with van der Waals surface area (Å²) in [5.41, 5.74) is 4.09. The molecule has 148 valence electrons. The third-order valence-corrected chi connectivity index (χ3v) is 5.87. The fraction of sp³-hybridized carbons (Fsp3) is 0.238. The van der Waals surface area contributed by atoms with Crippen LogP contribution in [0.15, 0.2) is 50.9 Å². The van der Waals surface area contributed by atoms with Gasteiger partial charge in [0.05, 0.1) is 5.69 Å². The zero-order chi connectivity index (χ0) is 20.2. The van der Waals surface area contributed by atoms with Crippen LogP contribution in [0.2, 0.25) is 0 Å². The van der Waals surface area contributed by atoms with Gasteiger partial charge in [-0.2, -0.15) is 11.3 Å². The highest BCUT2D eigenvalue weighted by atomic mass is 32.1. The number of benzene rings is 1. The van der Waals surface area contributed by atoms with Crippen LogP contribution in [0, 0.1) is 0 Å². The van der Waals surface area contributed by atoms with Crippen LogP contribution in [0.25, 0.3) is 22.7 Å². The van der Waals surface area contributed by atoms with E-state index in [1.165, 1.54) is 16.9 Å². The molecule has 0 saturated heterocycles. The van der Waals surface area contributed by atoms with E-state index >= 15 is 0 Å². The Morgan fingerprint density at radius 3 is 2.66 bits per heavy atom. The first kappa shape index (κ1) is 19.5. The third-order valence-electron chi connectivity index (χ3n) is 4.42. The molecule has 0 unspecified atom stereocenters. The summed E-state index contributed by atoms with van der Waals surface area (Å²) < 4.78 is 5.61.